The molecular formula is C18H30N2S. The number of hydrogen-bond donors (Lipinski definition) is 1. The first-order chi connectivity index (χ1) is 10.0. The van der Waals surface area contributed by atoms with Crippen LogP contribution in [0.3, 0.4) is 0 Å². The van der Waals surface area contributed by atoms with E-state index in [0.717, 1.165) is 6.54 Å². The van der Waals surface area contributed by atoms with Crippen molar-refractivity contribution in [2.24, 2.45) is 0 Å². The zero-order chi connectivity index (χ0) is 15.1. The lowest BCUT2D eigenvalue weighted by molar-refractivity contribution is 0.341. The van der Waals surface area contributed by atoms with Crippen LogP contribution in [-0.2, 0) is 6.54 Å². The fourth-order valence-electron chi connectivity index (χ4n) is 2.60. The highest BCUT2D eigenvalue weighted by molar-refractivity contribution is 7.99. The molecule has 0 spiro atoms. The van der Waals surface area contributed by atoms with E-state index < -0.39 is 0 Å². The summed E-state index contributed by atoms with van der Waals surface area (Å²) in [6, 6.07) is 8.97. The monoisotopic (exact) mass is 306 g/mol. The molecule has 21 heavy (non-hydrogen) atoms. The molecule has 1 aromatic carbocycles. The van der Waals surface area contributed by atoms with Gasteiger partial charge in [0, 0.05) is 17.0 Å². The zero-order valence-corrected chi connectivity index (χ0v) is 14.6. The lowest BCUT2D eigenvalue weighted by Crippen LogP contribution is -2.35. The van der Waals surface area contributed by atoms with Gasteiger partial charge in [0.2, 0.25) is 0 Å². The van der Waals surface area contributed by atoms with Gasteiger partial charge in [-0.15, -0.1) is 11.8 Å². The molecule has 1 aliphatic heterocycles. The standard InChI is InChI=1S/C18H30N2S/c1-18(2,3)19-15-16-8-6-9-17(14-16)21-13-7-12-20-10-4-5-11-20/h6,8-9,14,19H,4-5,7,10-13,15H2,1-3H3. The summed E-state index contributed by atoms with van der Waals surface area (Å²) in [6.45, 7) is 11.5. The first-order valence-electron chi connectivity index (χ1n) is 8.22. The third-order valence-electron chi connectivity index (χ3n) is 3.81. The van der Waals surface area contributed by atoms with Crippen molar-refractivity contribution in [3.05, 3.63) is 29.8 Å². The van der Waals surface area contributed by atoms with E-state index in [0.29, 0.717) is 0 Å². The molecule has 0 amide bonds. The third-order valence-corrected chi connectivity index (χ3v) is 4.89. The van der Waals surface area contributed by atoms with E-state index in [2.05, 4.69) is 55.3 Å². The van der Waals surface area contributed by atoms with Crippen LogP contribution in [0.25, 0.3) is 0 Å². The van der Waals surface area contributed by atoms with Crippen LogP contribution in [0.2, 0.25) is 0 Å². The summed E-state index contributed by atoms with van der Waals surface area (Å²) >= 11 is 2.00. The molecule has 0 aromatic heterocycles. The van der Waals surface area contributed by atoms with Gasteiger partial charge in [-0.25, -0.2) is 0 Å². The summed E-state index contributed by atoms with van der Waals surface area (Å²) in [7, 11) is 0. The van der Waals surface area contributed by atoms with Crippen LogP contribution in [-0.4, -0.2) is 35.8 Å². The minimum atomic E-state index is 0.179. The minimum absolute atomic E-state index is 0.179. The first-order valence-corrected chi connectivity index (χ1v) is 9.21. The molecule has 0 unspecified atom stereocenters. The average molecular weight is 307 g/mol. The second-order valence-corrected chi connectivity index (χ2v) is 8.17. The normalized spacial score (nSPS) is 16.5. The number of likely N-dealkylation sites (tertiary alicyclic amines) is 1. The van der Waals surface area contributed by atoms with Gasteiger partial charge in [0.15, 0.2) is 0 Å². The second kappa shape index (κ2) is 8.21. The molecule has 0 aliphatic carbocycles. The molecule has 1 N–H and O–H groups in total. The third kappa shape index (κ3) is 6.86. The van der Waals surface area contributed by atoms with Gasteiger partial charge >= 0.3 is 0 Å². The van der Waals surface area contributed by atoms with Gasteiger partial charge in [0.1, 0.15) is 0 Å². The predicted octanol–water partition coefficient (Wildman–Crippen LogP) is 4.15. The highest BCUT2D eigenvalue weighted by atomic mass is 32.2. The smallest absolute Gasteiger partial charge is 0.0210 e. The van der Waals surface area contributed by atoms with Gasteiger partial charge in [-0.1, -0.05) is 12.1 Å². The molecule has 1 aromatic rings. The predicted molar refractivity (Wildman–Crippen MR) is 94.0 cm³/mol. The summed E-state index contributed by atoms with van der Waals surface area (Å²) in [5.74, 6) is 1.23. The number of nitrogens with zero attached hydrogens (tertiary/aromatic N) is 1. The maximum atomic E-state index is 3.55. The van der Waals surface area contributed by atoms with Crippen LogP contribution in [0.4, 0.5) is 0 Å². The molecule has 1 aliphatic rings. The van der Waals surface area contributed by atoms with Crippen molar-refractivity contribution >= 4 is 11.8 Å². The van der Waals surface area contributed by atoms with Gasteiger partial charge < -0.3 is 10.2 Å². The van der Waals surface area contributed by atoms with E-state index in [9.17, 15) is 0 Å². The number of hydrogen-bond acceptors (Lipinski definition) is 3. The van der Waals surface area contributed by atoms with Crippen LogP contribution in [0.15, 0.2) is 29.2 Å². The molecule has 3 heteroatoms. The SMILES string of the molecule is CC(C)(C)NCc1cccc(SCCCN2CCCC2)c1. The summed E-state index contributed by atoms with van der Waals surface area (Å²) in [5.41, 5.74) is 1.56. The van der Waals surface area contributed by atoms with Crippen LogP contribution in [0, 0.1) is 0 Å². The Labute approximate surface area is 134 Å². The van der Waals surface area contributed by atoms with E-state index in [1.54, 1.807) is 0 Å². The van der Waals surface area contributed by atoms with Crippen molar-refractivity contribution in [1.29, 1.82) is 0 Å². The molecule has 1 saturated heterocycles. The maximum Gasteiger partial charge on any atom is 0.0210 e. The average Bonchev–Trinajstić information content (AvgIpc) is 2.94. The van der Waals surface area contributed by atoms with Gasteiger partial charge in [-0.05, 0) is 83.1 Å². The molecule has 118 valence electrons. The van der Waals surface area contributed by atoms with Gasteiger partial charge in [-0.3, -0.25) is 0 Å². The summed E-state index contributed by atoms with van der Waals surface area (Å²) < 4.78 is 0. The Balaban J connectivity index is 1.70. The van der Waals surface area contributed by atoms with Crippen LogP contribution >= 0.6 is 11.8 Å². The number of rotatable bonds is 7. The Morgan fingerprint density at radius 1 is 1.19 bits per heavy atom. The lowest BCUT2D eigenvalue weighted by Gasteiger charge is -2.20. The number of benzene rings is 1. The van der Waals surface area contributed by atoms with E-state index >= 15 is 0 Å². The van der Waals surface area contributed by atoms with Crippen molar-refractivity contribution in [2.75, 3.05) is 25.4 Å². The Morgan fingerprint density at radius 2 is 1.95 bits per heavy atom. The van der Waals surface area contributed by atoms with Crippen molar-refractivity contribution in [3.63, 3.8) is 0 Å². The lowest BCUT2D eigenvalue weighted by atomic mass is 10.1. The molecule has 0 atom stereocenters. The van der Waals surface area contributed by atoms with Crippen molar-refractivity contribution in [1.82, 2.24) is 10.2 Å². The molecule has 2 rings (SSSR count). The molecule has 0 saturated carbocycles. The summed E-state index contributed by atoms with van der Waals surface area (Å²) in [4.78, 5) is 4.01. The van der Waals surface area contributed by atoms with E-state index in [4.69, 9.17) is 0 Å². The van der Waals surface area contributed by atoms with Gasteiger partial charge in [0.25, 0.3) is 0 Å². The Kier molecular flexibility index (Phi) is 6.59. The van der Waals surface area contributed by atoms with E-state index in [1.165, 1.54) is 55.1 Å². The summed E-state index contributed by atoms with van der Waals surface area (Å²) in [6.07, 6.45) is 4.10. The summed E-state index contributed by atoms with van der Waals surface area (Å²) in [5, 5.41) is 3.55. The maximum absolute atomic E-state index is 3.55. The fraction of sp³-hybridized carbons (Fsp3) is 0.667. The zero-order valence-electron chi connectivity index (χ0n) is 13.8. The first kappa shape index (κ1) is 16.9. The Morgan fingerprint density at radius 3 is 2.67 bits per heavy atom. The number of nitrogens with one attached hydrogen (secondary N) is 1. The molecule has 0 radical (unpaired) electrons. The van der Waals surface area contributed by atoms with Crippen LogP contribution < -0.4 is 5.32 Å². The Bertz CT molecular complexity index is 419. The topological polar surface area (TPSA) is 15.3 Å². The minimum Gasteiger partial charge on any atom is -0.308 e. The van der Waals surface area contributed by atoms with Crippen LogP contribution in [0.1, 0.15) is 45.6 Å². The van der Waals surface area contributed by atoms with Crippen molar-refractivity contribution in [3.8, 4) is 0 Å². The van der Waals surface area contributed by atoms with Crippen molar-refractivity contribution in [2.45, 2.75) is 57.0 Å². The molecule has 1 heterocycles. The fourth-order valence-corrected chi connectivity index (χ4v) is 3.52. The molecular weight excluding hydrogens is 276 g/mol. The van der Waals surface area contributed by atoms with Crippen LogP contribution in [0.5, 0.6) is 0 Å². The number of thioether (sulfide) groups is 1. The molecule has 2 nitrogen and oxygen atoms in total. The van der Waals surface area contributed by atoms with Crippen molar-refractivity contribution < 1.29 is 0 Å². The van der Waals surface area contributed by atoms with E-state index in [1.807, 2.05) is 11.8 Å². The molecule has 1 fully saturated rings. The van der Waals surface area contributed by atoms with Gasteiger partial charge in [-0.2, -0.15) is 0 Å². The van der Waals surface area contributed by atoms with E-state index in [-0.39, 0.29) is 5.54 Å². The highest BCUT2D eigenvalue weighted by Gasteiger charge is 2.10. The largest absolute Gasteiger partial charge is 0.308 e. The Hall–Kier alpha value is -0.510. The van der Waals surface area contributed by atoms with Gasteiger partial charge in [0.05, 0.1) is 0 Å². The second-order valence-electron chi connectivity index (χ2n) is 7.00. The molecule has 0 bridgehead atoms. The quantitative estimate of drug-likeness (QED) is 0.602. The highest BCUT2D eigenvalue weighted by Crippen LogP contribution is 2.21.